The van der Waals surface area contributed by atoms with Crippen molar-refractivity contribution >= 4 is 5.91 Å². The fourth-order valence-electron chi connectivity index (χ4n) is 3.10. The number of carbonyl (C=O) groups is 1. The van der Waals surface area contributed by atoms with Gasteiger partial charge in [-0.15, -0.1) is 0 Å². The Morgan fingerprint density at radius 3 is 2.96 bits per heavy atom. The molecule has 3 rings (SSSR count). The Labute approximate surface area is 140 Å². The van der Waals surface area contributed by atoms with Gasteiger partial charge >= 0.3 is 6.01 Å². The van der Waals surface area contributed by atoms with Gasteiger partial charge in [-0.3, -0.25) is 4.79 Å². The zero-order chi connectivity index (χ0) is 16.9. The third-order valence-electron chi connectivity index (χ3n) is 4.34. The number of rotatable bonds is 4. The van der Waals surface area contributed by atoms with Gasteiger partial charge < -0.3 is 9.64 Å². The minimum atomic E-state index is -0.223. The molecule has 2 heterocycles. The molecule has 24 heavy (non-hydrogen) atoms. The Morgan fingerprint density at radius 1 is 1.33 bits per heavy atom. The van der Waals surface area contributed by atoms with Crippen LogP contribution >= 0.6 is 0 Å². The summed E-state index contributed by atoms with van der Waals surface area (Å²) in [6.07, 6.45) is 4.87. The molecule has 6 heteroatoms. The summed E-state index contributed by atoms with van der Waals surface area (Å²) in [7, 11) is 1.46. The largest absolute Gasteiger partial charge is 0.467 e. The molecule has 0 aliphatic carbocycles. The molecule has 1 saturated heterocycles. The molecule has 1 unspecified atom stereocenters. The standard InChI is InChI=1S/C18H20FN3O2/c1-24-18-20-10-9-16(21-18)17(23)22-11-5-4-7-14(22)12-13-6-2-3-8-15(13)19/h2-3,6,8-10,14H,4-5,7,11-12H2,1H3. The third-order valence-corrected chi connectivity index (χ3v) is 4.34. The average Bonchev–Trinajstić information content (AvgIpc) is 2.63. The van der Waals surface area contributed by atoms with E-state index in [1.165, 1.54) is 19.4 Å². The lowest BCUT2D eigenvalue weighted by atomic mass is 9.95. The number of hydrogen-bond acceptors (Lipinski definition) is 4. The average molecular weight is 329 g/mol. The number of hydrogen-bond donors (Lipinski definition) is 0. The van der Waals surface area contributed by atoms with Crippen LogP contribution in [0.25, 0.3) is 0 Å². The molecule has 5 nitrogen and oxygen atoms in total. The van der Waals surface area contributed by atoms with E-state index in [9.17, 15) is 9.18 Å². The highest BCUT2D eigenvalue weighted by atomic mass is 19.1. The van der Waals surface area contributed by atoms with Gasteiger partial charge in [0.2, 0.25) is 0 Å². The van der Waals surface area contributed by atoms with Crippen LogP contribution in [0.4, 0.5) is 4.39 Å². The van der Waals surface area contributed by atoms with E-state index in [2.05, 4.69) is 9.97 Å². The van der Waals surface area contributed by atoms with E-state index in [1.807, 2.05) is 6.07 Å². The maximum atomic E-state index is 14.0. The molecule has 1 aromatic heterocycles. The maximum absolute atomic E-state index is 14.0. The van der Waals surface area contributed by atoms with Crippen LogP contribution in [0.1, 0.15) is 35.3 Å². The lowest BCUT2D eigenvalue weighted by molar-refractivity contribution is 0.0605. The van der Waals surface area contributed by atoms with Crippen LogP contribution in [0.5, 0.6) is 6.01 Å². The first-order valence-corrected chi connectivity index (χ1v) is 8.10. The number of aromatic nitrogens is 2. The number of ether oxygens (including phenoxy) is 1. The second-order valence-electron chi connectivity index (χ2n) is 5.87. The molecule has 2 aromatic rings. The first-order chi connectivity index (χ1) is 11.7. The van der Waals surface area contributed by atoms with E-state index in [4.69, 9.17) is 4.74 Å². The van der Waals surface area contributed by atoms with Crippen LogP contribution in [0.15, 0.2) is 36.5 Å². The molecule has 1 aromatic carbocycles. The van der Waals surface area contributed by atoms with E-state index in [0.29, 0.717) is 24.2 Å². The first kappa shape index (κ1) is 16.4. The molecule has 0 N–H and O–H groups in total. The molecule has 1 aliphatic rings. The van der Waals surface area contributed by atoms with Crippen LogP contribution < -0.4 is 4.74 Å². The fraction of sp³-hybridized carbons (Fsp3) is 0.389. The molecule has 1 fully saturated rings. The quantitative estimate of drug-likeness (QED) is 0.865. The smallest absolute Gasteiger partial charge is 0.316 e. The van der Waals surface area contributed by atoms with Gasteiger partial charge in [-0.2, -0.15) is 4.98 Å². The van der Waals surface area contributed by atoms with Gasteiger partial charge in [0.25, 0.3) is 5.91 Å². The number of likely N-dealkylation sites (tertiary alicyclic amines) is 1. The molecular weight excluding hydrogens is 309 g/mol. The second kappa shape index (κ2) is 7.38. The molecule has 0 bridgehead atoms. The van der Waals surface area contributed by atoms with Gasteiger partial charge in [-0.1, -0.05) is 18.2 Å². The predicted octanol–water partition coefficient (Wildman–Crippen LogP) is 2.86. The van der Waals surface area contributed by atoms with Crippen molar-refractivity contribution in [2.45, 2.75) is 31.7 Å². The van der Waals surface area contributed by atoms with Gasteiger partial charge in [-0.05, 0) is 43.4 Å². The van der Waals surface area contributed by atoms with Gasteiger partial charge in [0.1, 0.15) is 11.5 Å². The van der Waals surface area contributed by atoms with E-state index >= 15 is 0 Å². The number of methoxy groups -OCH3 is 1. The minimum absolute atomic E-state index is 0.0240. The molecule has 126 valence electrons. The summed E-state index contributed by atoms with van der Waals surface area (Å²) in [5.41, 5.74) is 0.949. The normalized spacial score (nSPS) is 17.6. The van der Waals surface area contributed by atoms with Crippen molar-refractivity contribution in [2.75, 3.05) is 13.7 Å². The molecule has 1 atom stereocenters. The van der Waals surface area contributed by atoms with Crippen molar-refractivity contribution in [3.63, 3.8) is 0 Å². The van der Waals surface area contributed by atoms with Crippen molar-refractivity contribution in [3.05, 3.63) is 53.6 Å². The molecule has 1 amide bonds. The lowest BCUT2D eigenvalue weighted by Gasteiger charge is -2.35. The fourth-order valence-corrected chi connectivity index (χ4v) is 3.10. The van der Waals surface area contributed by atoms with Crippen LogP contribution in [-0.2, 0) is 6.42 Å². The third kappa shape index (κ3) is 3.53. The Kier molecular flexibility index (Phi) is 5.03. The van der Waals surface area contributed by atoms with Gasteiger partial charge in [0.05, 0.1) is 7.11 Å². The highest BCUT2D eigenvalue weighted by Crippen LogP contribution is 2.23. The Hall–Kier alpha value is -2.50. The Morgan fingerprint density at radius 2 is 2.17 bits per heavy atom. The van der Waals surface area contributed by atoms with Crippen molar-refractivity contribution in [3.8, 4) is 6.01 Å². The van der Waals surface area contributed by atoms with Crippen molar-refractivity contribution in [1.29, 1.82) is 0 Å². The van der Waals surface area contributed by atoms with Crippen molar-refractivity contribution < 1.29 is 13.9 Å². The summed E-state index contributed by atoms with van der Waals surface area (Å²) in [4.78, 5) is 22.7. The Bertz CT molecular complexity index is 723. The minimum Gasteiger partial charge on any atom is -0.467 e. The summed E-state index contributed by atoms with van der Waals surface area (Å²) < 4.78 is 18.9. The summed E-state index contributed by atoms with van der Waals surface area (Å²) in [6.45, 7) is 0.657. The van der Waals surface area contributed by atoms with Gasteiger partial charge in [-0.25, -0.2) is 9.37 Å². The SMILES string of the molecule is COc1nccc(C(=O)N2CCCCC2Cc2ccccc2F)n1. The number of piperidine rings is 1. The van der Waals surface area contributed by atoms with Crippen LogP contribution in [0.3, 0.4) is 0 Å². The summed E-state index contributed by atoms with van der Waals surface area (Å²) in [6, 6.07) is 8.46. The Balaban J connectivity index is 1.81. The van der Waals surface area contributed by atoms with Gasteiger partial charge in [0.15, 0.2) is 0 Å². The summed E-state index contributed by atoms with van der Waals surface area (Å²) >= 11 is 0. The molecule has 1 aliphatic heterocycles. The zero-order valence-electron chi connectivity index (χ0n) is 13.6. The van der Waals surface area contributed by atoms with E-state index in [1.54, 1.807) is 23.1 Å². The summed E-state index contributed by atoms with van der Waals surface area (Å²) in [5, 5.41) is 0. The highest BCUT2D eigenvalue weighted by Gasteiger charge is 2.29. The predicted molar refractivity (Wildman–Crippen MR) is 87.4 cm³/mol. The van der Waals surface area contributed by atoms with Crippen molar-refractivity contribution in [2.24, 2.45) is 0 Å². The summed E-state index contributed by atoms with van der Waals surface area (Å²) in [5.74, 6) is -0.379. The van der Waals surface area contributed by atoms with Crippen LogP contribution in [0.2, 0.25) is 0 Å². The molecule has 0 saturated carbocycles. The van der Waals surface area contributed by atoms with Gasteiger partial charge in [0, 0.05) is 18.8 Å². The molecule has 0 radical (unpaired) electrons. The number of benzene rings is 1. The second-order valence-corrected chi connectivity index (χ2v) is 5.87. The van der Waals surface area contributed by atoms with Crippen LogP contribution in [-0.4, -0.2) is 40.5 Å². The molecular formula is C18H20FN3O2. The van der Waals surface area contributed by atoms with Crippen molar-refractivity contribution in [1.82, 2.24) is 14.9 Å². The van der Waals surface area contributed by atoms with E-state index < -0.39 is 0 Å². The first-order valence-electron chi connectivity index (χ1n) is 8.10. The maximum Gasteiger partial charge on any atom is 0.316 e. The number of amides is 1. The zero-order valence-corrected chi connectivity index (χ0v) is 13.6. The lowest BCUT2D eigenvalue weighted by Crippen LogP contribution is -2.45. The molecule has 0 spiro atoms. The number of carbonyl (C=O) groups excluding carboxylic acids is 1. The van der Waals surface area contributed by atoms with E-state index in [-0.39, 0.29) is 23.8 Å². The highest BCUT2D eigenvalue weighted by molar-refractivity contribution is 5.92. The number of halogens is 1. The van der Waals surface area contributed by atoms with Crippen LogP contribution in [0, 0.1) is 5.82 Å². The van der Waals surface area contributed by atoms with E-state index in [0.717, 1.165) is 19.3 Å². The number of nitrogens with zero attached hydrogens (tertiary/aromatic N) is 3. The monoisotopic (exact) mass is 329 g/mol. The topological polar surface area (TPSA) is 55.3 Å².